The third kappa shape index (κ3) is 9.93. The zero-order chi connectivity index (χ0) is 15.7. The summed E-state index contributed by atoms with van der Waals surface area (Å²) >= 11 is 0. The second-order valence-corrected chi connectivity index (χ2v) is 7.29. The zero-order valence-corrected chi connectivity index (χ0v) is 16.4. The van der Waals surface area contributed by atoms with Crippen LogP contribution in [-0.4, -0.2) is 51.0 Å². The summed E-state index contributed by atoms with van der Waals surface area (Å²) in [6.07, 6.45) is 4.38. The van der Waals surface area contributed by atoms with E-state index in [1.165, 1.54) is 6.26 Å². The predicted molar refractivity (Wildman–Crippen MR) is 102 cm³/mol. The molecular weight excluding hydrogens is 415 g/mol. The van der Waals surface area contributed by atoms with E-state index in [1.54, 1.807) is 13.2 Å². The van der Waals surface area contributed by atoms with Gasteiger partial charge >= 0.3 is 0 Å². The van der Waals surface area contributed by atoms with Gasteiger partial charge < -0.3 is 10.6 Å². The van der Waals surface area contributed by atoms with E-state index in [-0.39, 0.29) is 35.8 Å². The Balaban J connectivity index is 0.00000441. The number of sulfone groups is 1. The smallest absolute Gasteiger partial charge is 0.191 e. The van der Waals surface area contributed by atoms with E-state index in [9.17, 15) is 8.42 Å². The van der Waals surface area contributed by atoms with Gasteiger partial charge in [0.25, 0.3) is 0 Å². The van der Waals surface area contributed by atoms with Crippen LogP contribution >= 0.6 is 24.0 Å². The maximum absolute atomic E-state index is 11.1. The number of hydrogen-bond donors (Lipinski definition) is 2. The molecule has 0 bridgehead atoms. The molecule has 1 aromatic heterocycles. The van der Waals surface area contributed by atoms with E-state index in [4.69, 9.17) is 0 Å². The summed E-state index contributed by atoms with van der Waals surface area (Å²) in [5.74, 6) is 0.846. The Morgan fingerprint density at radius 3 is 2.68 bits per heavy atom. The lowest BCUT2D eigenvalue weighted by molar-refractivity contribution is 0.581. The van der Waals surface area contributed by atoms with Gasteiger partial charge in [0.2, 0.25) is 0 Å². The Kier molecular flexibility index (Phi) is 10.3. The summed E-state index contributed by atoms with van der Waals surface area (Å²) < 4.78 is 22.3. The van der Waals surface area contributed by atoms with Gasteiger partial charge in [0, 0.05) is 44.2 Å². The molecule has 1 rings (SSSR count). The highest BCUT2D eigenvalue weighted by molar-refractivity contribution is 14.0. The van der Waals surface area contributed by atoms with Gasteiger partial charge in [-0.1, -0.05) is 6.07 Å². The lowest BCUT2D eigenvalue weighted by atomic mass is 10.2. The molecule has 0 saturated heterocycles. The Bertz CT molecular complexity index is 549. The van der Waals surface area contributed by atoms with Crippen LogP contribution in [0.5, 0.6) is 0 Å². The fourth-order valence-electron chi connectivity index (χ4n) is 1.75. The number of pyridine rings is 1. The standard InChI is InChI=1S/C14H24N4O2S.HI/c1-12(8-11-21(3,19)20)18-14(15-2)17-10-7-13-6-4-5-9-16-13;/h4-6,9,12H,7-8,10-11H2,1-3H3,(H2,15,17,18);1H. The number of guanidine groups is 1. The highest BCUT2D eigenvalue weighted by Crippen LogP contribution is 1.96. The fourth-order valence-corrected chi connectivity index (χ4v) is 2.53. The number of halogens is 1. The van der Waals surface area contributed by atoms with Crippen LogP contribution in [0, 0.1) is 0 Å². The third-order valence-corrected chi connectivity index (χ3v) is 3.91. The minimum Gasteiger partial charge on any atom is -0.356 e. The Morgan fingerprint density at radius 1 is 1.41 bits per heavy atom. The first-order valence-corrected chi connectivity index (χ1v) is 9.01. The first kappa shape index (κ1) is 21.1. The summed E-state index contributed by atoms with van der Waals surface area (Å²) in [5, 5.41) is 6.37. The van der Waals surface area contributed by atoms with Crippen LogP contribution in [0.25, 0.3) is 0 Å². The molecule has 22 heavy (non-hydrogen) atoms. The van der Waals surface area contributed by atoms with E-state index in [0.717, 1.165) is 18.7 Å². The van der Waals surface area contributed by atoms with E-state index < -0.39 is 9.84 Å². The lowest BCUT2D eigenvalue weighted by Gasteiger charge is -2.17. The van der Waals surface area contributed by atoms with Gasteiger partial charge in [-0.2, -0.15) is 0 Å². The van der Waals surface area contributed by atoms with Gasteiger partial charge in [-0.3, -0.25) is 9.98 Å². The topological polar surface area (TPSA) is 83.4 Å². The van der Waals surface area contributed by atoms with Crippen molar-refractivity contribution in [2.24, 2.45) is 4.99 Å². The van der Waals surface area contributed by atoms with Crippen molar-refractivity contribution in [2.45, 2.75) is 25.8 Å². The van der Waals surface area contributed by atoms with Crippen molar-refractivity contribution < 1.29 is 8.42 Å². The molecule has 1 unspecified atom stereocenters. The van der Waals surface area contributed by atoms with Gasteiger partial charge in [-0.25, -0.2) is 8.42 Å². The van der Waals surface area contributed by atoms with Crippen molar-refractivity contribution in [2.75, 3.05) is 25.6 Å². The van der Waals surface area contributed by atoms with Crippen LogP contribution < -0.4 is 10.6 Å². The molecule has 0 aliphatic rings. The summed E-state index contributed by atoms with van der Waals surface area (Å²) in [4.78, 5) is 8.38. The Morgan fingerprint density at radius 2 is 2.14 bits per heavy atom. The molecule has 0 amide bonds. The normalized spacial score (nSPS) is 13.1. The number of nitrogens with zero attached hydrogens (tertiary/aromatic N) is 2. The minimum absolute atomic E-state index is 0. The molecule has 6 nitrogen and oxygen atoms in total. The van der Waals surface area contributed by atoms with Crippen molar-refractivity contribution in [3.05, 3.63) is 30.1 Å². The minimum atomic E-state index is -2.92. The van der Waals surface area contributed by atoms with Gasteiger partial charge in [0.15, 0.2) is 5.96 Å². The molecule has 0 radical (unpaired) electrons. The molecule has 0 aliphatic heterocycles. The predicted octanol–water partition coefficient (Wildman–Crippen LogP) is 1.23. The molecule has 1 heterocycles. The van der Waals surface area contributed by atoms with Crippen LogP contribution in [0.3, 0.4) is 0 Å². The molecule has 8 heteroatoms. The molecule has 0 saturated carbocycles. The fraction of sp³-hybridized carbons (Fsp3) is 0.571. The van der Waals surface area contributed by atoms with Crippen molar-refractivity contribution >= 4 is 39.8 Å². The van der Waals surface area contributed by atoms with Crippen LogP contribution in [0.2, 0.25) is 0 Å². The van der Waals surface area contributed by atoms with Gasteiger partial charge in [0.1, 0.15) is 9.84 Å². The maximum atomic E-state index is 11.1. The van der Waals surface area contributed by atoms with Crippen LogP contribution in [-0.2, 0) is 16.3 Å². The van der Waals surface area contributed by atoms with E-state index in [2.05, 4.69) is 20.6 Å². The van der Waals surface area contributed by atoms with E-state index in [1.807, 2.05) is 25.1 Å². The SMILES string of the molecule is CN=C(NCCc1ccccn1)NC(C)CCS(C)(=O)=O.I. The van der Waals surface area contributed by atoms with Crippen LogP contribution in [0.15, 0.2) is 29.4 Å². The highest BCUT2D eigenvalue weighted by Gasteiger charge is 2.09. The summed E-state index contributed by atoms with van der Waals surface area (Å²) in [6.45, 7) is 2.66. The summed E-state index contributed by atoms with van der Waals surface area (Å²) in [5.41, 5.74) is 1.02. The molecule has 0 aliphatic carbocycles. The number of aliphatic imine (C=N–C) groups is 1. The number of hydrogen-bond acceptors (Lipinski definition) is 4. The second-order valence-electron chi connectivity index (χ2n) is 5.03. The first-order chi connectivity index (χ1) is 9.90. The Labute approximate surface area is 150 Å². The molecule has 1 atom stereocenters. The molecule has 0 fully saturated rings. The van der Waals surface area contributed by atoms with Crippen LogP contribution in [0.1, 0.15) is 19.0 Å². The molecule has 0 aromatic carbocycles. The molecule has 2 N–H and O–H groups in total. The third-order valence-electron chi connectivity index (χ3n) is 2.93. The van der Waals surface area contributed by atoms with Crippen molar-refractivity contribution in [3.63, 3.8) is 0 Å². The largest absolute Gasteiger partial charge is 0.356 e. The van der Waals surface area contributed by atoms with Gasteiger partial charge in [-0.15, -0.1) is 24.0 Å². The first-order valence-electron chi connectivity index (χ1n) is 6.95. The van der Waals surface area contributed by atoms with E-state index in [0.29, 0.717) is 12.4 Å². The van der Waals surface area contributed by atoms with Gasteiger partial charge in [0.05, 0.1) is 5.75 Å². The quantitative estimate of drug-likeness (QED) is 0.379. The van der Waals surface area contributed by atoms with Gasteiger partial charge in [-0.05, 0) is 25.5 Å². The molecule has 126 valence electrons. The summed E-state index contributed by atoms with van der Waals surface area (Å²) in [7, 11) is -1.23. The molecular formula is C14H25IN4O2S. The number of rotatable bonds is 7. The van der Waals surface area contributed by atoms with E-state index >= 15 is 0 Å². The number of aromatic nitrogens is 1. The van der Waals surface area contributed by atoms with Crippen molar-refractivity contribution in [1.29, 1.82) is 0 Å². The second kappa shape index (κ2) is 10.8. The summed E-state index contributed by atoms with van der Waals surface area (Å²) in [6, 6.07) is 5.87. The maximum Gasteiger partial charge on any atom is 0.191 e. The lowest BCUT2D eigenvalue weighted by Crippen LogP contribution is -2.43. The average molecular weight is 440 g/mol. The monoisotopic (exact) mass is 440 g/mol. The van der Waals surface area contributed by atoms with Crippen LogP contribution in [0.4, 0.5) is 0 Å². The highest BCUT2D eigenvalue weighted by atomic mass is 127. The molecule has 1 aromatic rings. The van der Waals surface area contributed by atoms with Crippen molar-refractivity contribution in [1.82, 2.24) is 15.6 Å². The zero-order valence-electron chi connectivity index (χ0n) is 13.2. The van der Waals surface area contributed by atoms with Crippen molar-refractivity contribution in [3.8, 4) is 0 Å². The molecule has 0 spiro atoms. The Hall–Kier alpha value is -0.900. The average Bonchev–Trinajstić information content (AvgIpc) is 2.44. The number of nitrogens with one attached hydrogen (secondary N) is 2.